The van der Waals surface area contributed by atoms with E-state index in [9.17, 15) is 4.21 Å². The Morgan fingerprint density at radius 3 is 2.78 bits per heavy atom. The van der Waals surface area contributed by atoms with E-state index in [2.05, 4.69) is 22.5 Å². The Hall–Kier alpha value is -1.99. The summed E-state index contributed by atoms with van der Waals surface area (Å²) < 4.78 is 19.5. The molecule has 0 saturated heterocycles. The van der Waals surface area contributed by atoms with Crippen LogP contribution in [0.1, 0.15) is 32.5 Å². The quantitative estimate of drug-likeness (QED) is 0.539. The molecule has 0 aliphatic heterocycles. The Labute approximate surface area is 162 Å². The fourth-order valence-corrected chi connectivity index (χ4v) is 4.01. The summed E-state index contributed by atoms with van der Waals surface area (Å²) in [6, 6.07) is 8.03. The highest BCUT2D eigenvalue weighted by Gasteiger charge is 2.16. The molecule has 3 rings (SSSR count). The van der Waals surface area contributed by atoms with Crippen molar-refractivity contribution in [3.05, 3.63) is 30.1 Å². The molecule has 1 unspecified atom stereocenters. The predicted molar refractivity (Wildman–Crippen MR) is 112 cm³/mol. The number of hydrogen-bond acceptors (Lipinski definition) is 5. The summed E-state index contributed by atoms with van der Waals surface area (Å²) in [7, 11) is -0.721. The summed E-state index contributed by atoms with van der Waals surface area (Å²) in [6.45, 7) is 6.04. The number of nitrogens with two attached hydrogens (primary N) is 1. The zero-order chi connectivity index (χ0) is 19.2. The van der Waals surface area contributed by atoms with Crippen LogP contribution < -0.4 is 5.73 Å². The molecular formula is C20H28N4O2S. The van der Waals surface area contributed by atoms with Gasteiger partial charge in [-0.15, -0.1) is 0 Å². The van der Waals surface area contributed by atoms with Crippen LogP contribution in [0.15, 0.2) is 24.3 Å². The largest absolute Gasteiger partial charge is 0.382 e. The van der Waals surface area contributed by atoms with Crippen LogP contribution >= 0.6 is 0 Å². The molecule has 1 atom stereocenters. The van der Waals surface area contributed by atoms with Crippen LogP contribution in [0.4, 0.5) is 5.82 Å². The van der Waals surface area contributed by atoms with E-state index in [0.717, 1.165) is 53.6 Å². The minimum Gasteiger partial charge on any atom is -0.382 e. The second-order valence-corrected chi connectivity index (χ2v) is 8.40. The van der Waals surface area contributed by atoms with Crippen LogP contribution in [0.5, 0.6) is 0 Å². The van der Waals surface area contributed by atoms with Gasteiger partial charge < -0.3 is 15.0 Å². The van der Waals surface area contributed by atoms with Gasteiger partial charge in [0.1, 0.15) is 11.3 Å². The van der Waals surface area contributed by atoms with Crippen molar-refractivity contribution in [2.75, 3.05) is 30.5 Å². The fraction of sp³-hybridized carbons (Fsp3) is 0.500. The number of hydrogen-bond donors (Lipinski definition) is 1. The highest BCUT2D eigenvalue weighted by Crippen LogP contribution is 2.29. The van der Waals surface area contributed by atoms with Gasteiger partial charge in [0.15, 0.2) is 5.82 Å². The van der Waals surface area contributed by atoms with E-state index in [0.29, 0.717) is 30.5 Å². The van der Waals surface area contributed by atoms with E-state index >= 15 is 0 Å². The molecule has 2 aromatic heterocycles. The van der Waals surface area contributed by atoms with Crippen molar-refractivity contribution >= 4 is 38.6 Å². The number of fused-ring (bicyclic) bond motifs is 3. The standard InChI is InChI=1S/C20H28N4O2S/c1-3-8-17-23-18-19(15-9-5-6-10-16(15)22-20(18)21)24(17)11-13-26-12-7-14-27(25)4-2/h5-6,9-10H,3-4,7-8,11-14H2,1-2H3,(H2,21,22). The molecule has 6 nitrogen and oxygen atoms in total. The first-order chi connectivity index (χ1) is 13.2. The zero-order valence-corrected chi connectivity index (χ0v) is 16.9. The Morgan fingerprint density at radius 1 is 1.19 bits per heavy atom. The Bertz CT molecular complexity index is 939. The summed E-state index contributed by atoms with van der Waals surface area (Å²) in [5.74, 6) is 2.92. The highest BCUT2D eigenvalue weighted by atomic mass is 32.2. The third kappa shape index (κ3) is 4.47. The normalized spacial score (nSPS) is 12.8. The summed E-state index contributed by atoms with van der Waals surface area (Å²) in [5, 5.41) is 1.06. The lowest BCUT2D eigenvalue weighted by molar-refractivity contribution is 0.127. The lowest BCUT2D eigenvalue weighted by atomic mass is 10.2. The maximum absolute atomic E-state index is 11.5. The lowest BCUT2D eigenvalue weighted by Gasteiger charge is -2.11. The molecule has 0 aliphatic rings. The van der Waals surface area contributed by atoms with Crippen molar-refractivity contribution in [1.29, 1.82) is 0 Å². The van der Waals surface area contributed by atoms with E-state index in [-0.39, 0.29) is 0 Å². The molecule has 2 heterocycles. The van der Waals surface area contributed by atoms with Crippen LogP contribution in [-0.2, 0) is 28.5 Å². The third-order valence-electron chi connectivity index (χ3n) is 4.60. The van der Waals surface area contributed by atoms with E-state index < -0.39 is 10.8 Å². The molecule has 1 aromatic carbocycles. The molecule has 0 radical (unpaired) electrons. The van der Waals surface area contributed by atoms with E-state index in [1.807, 2.05) is 25.1 Å². The monoisotopic (exact) mass is 388 g/mol. The number of pyridine rings is 1. The van der Waals surface area contributed by atoms with Crippen molar-refractivity contribution < 1.29 is 8.95 Å². The number of para-hydroxylation sites is 1. The number of nitrogens with zero attached hydrogens (tertiary/aromatic N) is 3. The molecule has 0 bridgehead atoms. The van der Waals surface area contributed by atoms with Gasteiger partial charge in [-0.3, -0.25) is 4.21 Å². The molecule has 2 N–H and O–H groups in total. The number of anilines is 1. The van der Waals surface area contributed by atoms with E-state index in [1.165, 1.54) is 0 Å². The van der Waals surface area contributed by atoms with Crippen molar-refractivity contribution in [3.8, 4) is 0 Å². The Kier molecular flexibility index (Phi) is 6.79. The topological polar surface area (TPSA) is 83.0 Å². The maximum Gasteiger partial charge on any atom is 0.152 e. The maximum atomic E-state index is 11.5. The Balaban J connectivity index is 1.82. The number of aryl methyl sites for hydroxylation is 1. The van der Waals surface area contributed by atoms with Crippen LogP contribution in [0.25, 0.3) is 21.9 Å². The molecule has 0 aliphatic carbocycles. The van der Waals surface area contributed by atoms with E-state index in [4.69, 9.17) is 15.5 Å². The zero-order valence-electron chi connectivity index (χ0n) is 16.1. The molecule has 0 amide bonds. The van der Waals surface area contributed by atoms with Gasteiger partial charge in [0.05, 0.1) is 17.6 Å². The second kappa shape index (κ2) is 9.28. The number of nitrogen functional groups attached to an aromatic ring is 1. The number of aromatic nitrogens is 3. The SMILES string of the molecule is CCCc1nc2c(N)nc3ccccc3c2n1CCOCCCS(=O)CC. The van der Waals surface area contributed by atoms with Crippen molar-refractivity contribution in [3.63, 3.8) is 0 Å². The lowest BCUT2D eigenvalue weighted by Crippen LogP contribution is -2.11. The number of benzene rings is 1. The molecule has 3 aromatic rings. The molecular weight excluding hydrogens is 360 g/mol. The van der Waals surface area contributed by atoms with Gasteiger partial charge in [0.25, 0.3) is 0 Å². The highest BCUT2D eigenvalue weighted by molar-refractivity contribution is 7.84. The van der Waals surface area contributed by atoms with E-state index in [1.54, 1.807) is 0 Å². The first-order valence-electron chi connectivity index (χ1n) is 9.61. The smallest absolute Gasteiger partial charge is 0.152 e. The number of imidazole rings is 1. The third-order valence-corrected chi connectivity index (χ3v) is 5.99. The first kappa shape index (κ1) is 19.8. The number of rotatable bonds is 10. The Morgan fingerprint density at radius 2 is 2.00 bits per heavy atom. The van der Waals surface area contributed by atoms with Crippen LogP contribution in [0.2, 0.25) is 0 Å². The van der Waals surface area contributed by atoms with Crippen LogP contribution in [-0.4, -0.2) is 43.5 Å². The summed E-state index contributed by atoms with van der Waals surface area (Å²) >= 11 is 0. The van der Waals surface area contributed by atoms with Gasteiger partial charge in [-0.1, -0.05) is 32.0 Å². The van der Waals surface area contributed by atoms with Crippen LogP contribution in [0, 0.1) is 0 Å². The second-order valence-electron chi connectivity index (χ2n) is 6.54. The minimum atomic E-state index is -0.721. The summed E-state index contributed by atoms with van der Waals surface area (Å²) in [6.07, 6.45) is 2.73. The van der Waals surface area contributed by atoms with Crippen molar-refractivity contribution in [2.24, 2.45) is 0 Å². The predicted octanol–water partition coefficient (Wildman–Crippen LogP) is 3.29. The average Bonchev–Trinajstić information content (AvgIpc) is 3.04. The van der Waals surface area contributed by atoms with Gasteiger partial charge in [0.2, 0.25) is 0 Å². The van der Waals surface area contributed by atoms with Gasteiger partial charge in [0, 0.05) is 47.3 Å². The van der Waals surface area contributed by atoms with Crippen molar-refractivity contribution in [2.45, 2.75) is 39.7 Å². The first-order valence-corrected chi connectivity index (χ1v) is 11.1. The summed E-state index contributed by atoms with van der Waals surface area (Å²) in [4.78, 5) is 9.29. The van der Waals surface area contributed by atoms with Gasteiger partial charge in [-0.25, -0.2) is 9.97 Å². The molecule has 0 spiro atoms. The minimum absolute atomic E-state index is 0.475. The molecule has 0 fully saturated rings. The van der Waals surface area contributed by atoms with Crippen LogP contribution in [0.3, 0.4) is 0 Å². The molecule has 27 heavy (non-hydrogen) atoms. The molecule has 7 heteroatoms. The van der Waals surface area contributed by atoms with Gasteiger partial charge >= 0.3 is 0 Å². The number of ether oxygens (including phenoxy) is 1. The average molecular weight is 389 g/mol. The van der Waals surface area contributed by atoms with Crippen molar-refractivity contribution in [1.82, 2.24) is 14.5 Å². The molecule has 0 saturated carbocycles. The molecule has 146 valence electrons. The summed E-state index contributed by atoms with van der Waals surface area (Å²) in [5.41, 5.74) is 8.89. The van der Waals surface area contributed by atoms with Gasteiger partial charge in [-0.05, 0) is 18.9 Å². The van der Waals surface area contributed by atoms with Gasteiger partial charge in [-0.2, -0.15) is 0 Å². The fourth-order valence-electron chi connectivity index (χ4n) is 3.28.